The van der Waals surface area contributed by atoms with E-state index in [1.165, 1.54) is 23.2 Å². The predicted octanol–water partition coefficient (Wildman–Crippen LogP) is 4.00. The van der Waals surface area contributed by atoms with Crippen molar-refractivity contribution in [2.75, 3.05) is 11.1 Å². The molecule has 15 heteroatoms. The van der Waals surface area contributed by atoms with E-state index in [2.05, 4.69) is 25.4 Å². The molecule has 0 spiro atoms. The minimum atomic E-state index is -4.86. The van der Waals surface area contributed by atoms with Gasteiger partial charge in [-0.05, 0) is 31.4 Å². The molecule has 1 aromatic carbocycles. The van der Waals surface area contributed by atoms with Gasteiger partial charge < -0.3 is 11.1 Å². The molecule has 4 N–H and O–H groups in total. The average molecular weight is 553 g/mol. The molecule has 3 aromatic heterocycles. The van der Waals surface area contributed by atoms with Crippen molar-refractivity contribution in [1.82, 2.24) is 29.7 Å². The fourth-order valence-corrected chi connectivity index (χ4v) is 4.01. The summed E-state index contributed by atoms with van der Waals surface area (Å²) in [5, 5.41) is 8.12. The number of aromatic amines is 1. The minimum Gasteiger partial charge on any atom is -0.382 e. The van der Waals surface area contributed by atoms with E-state index >= 15 is 0 Å². The van der Waals surface area contributed by atoms with Gasteiger partial charge in [-0.15, -0.1) is 0 Å². The van der Waals surface area contributed by atoms with Gasteiger partial charge in [-0.25, -0.2) is 24.4 Å². The molecule has 200 valence electrons. The van der Waals surface area contributed by atoms with Crippen LogP contribution in [0.15, 0.2) is 40.4 Å². The number of nitrogen functional groups attached to an aromatic ring is 1. The zero-order valence-electron chi connectivity index (χ0n) is 19.8. The summed E-state index contributed by atoms with van der Waals surface area (Å²) < 4.78 is 56.1. The van der Waals surface area contributed by atoms with Gasteiger partial charge >= 0.3 is 6.18 Å². The number of halogens is 5. The van der Waals surface area contributed by atoms with E-state index in [1.807, 2.05) is 0 Å². The minimum absolute atomic E-state index is 0.00477. The number of H-pyrrole nitrogens is 1. The zero-order chi connectivity index (χ0) is 27.6. The van der Waals surface area contributed by atoms with Crippen LogP contribution in [-0.4, -0.2) is 35.8 Å². The van der Waals surface area contributed by atoms with Crippen LogP contribution in [0.4, 0.5) is 29.1 Å². The Morgan fingerprint density at radius 1 is 1.21 bits per heavy atom. The van der Waals surface area contributed by atoms with Crippen LogP contribution >= 0.6 is 11.6 Å². The monoisotopic (exact) mass is 552 g/mol. The Morgan fingerprint density at radius 3 is 2.66 bits per heavy atom. The van der Waals surface area contributed by atoms with Gasteiger partial charge in [-0.2, -0.15) is 18.3 Å². The van der Waals surface area contributed by atoms with Gasteiger partial charge in [0, 0.05) is 12.6 Å². The normalized spacial score (nSPS) is 12.6. The highest BCUT2D eigenvalue weighted by Crippen LogP contribution is 2.32. The van der Waals surface area contributed by atoms with Gasteiger partial charge in [0.15, 0.2) is 5.82 Å². The Labute approximate surface area is 216 Å². The second-order valence-electron chi connectivity index (χ2n) is 8.40. The fourth-order valence-electron chi connectivity index (χ4n) is 3.92. The molecule has 4 aromatic rings. The number of benzene rings is 1. The van der Waals surface area contributed by atoms with Crippen LogP contribution in [0.25, 0.3) is 22.3 Å². The predicted molar refractivity (Wildman–Crippen MR) is 133 cm³/mol. The summed E-state index contributed by atoms with van der Waals surface area (Å²) in [6.07, 6.45) is -0.203. The SMILES string of the molecule is CC[C@@H](CCCn1cnc2cc(-c3ncc(Cl)c(N)n3)c(F)cc2c1=O)Nc1cn[nH]c(=O)c1C(F)(F)F. The second kappa shape index (κ2) is 10.7. The Morgan fingerprint density at radius 2 is 1.97 bits per heavy atom. The molecule has 0 aliphatic carbocycles. The summed E-state index contributed by atoms with van der Waals surface area (Å²) in [4.78, 5) is 36.8. The number of fused-ring (bicyclic) bond motifs is 1. The summed E-state index contributed by atoms with van der Waals surface area (Å²) in [6.45, 7) is 1.95. The summed E-state index contributed by atoms with van der Waals surface area (Å²) >= 11 is 5.82. The third-order valence-electron chi connectivity index (χ3n) is 5.87. The number of aryl methyl sites for hydroxylation is 1. The van der Waals surface area contributed by atoms with E-state index in [9.17, 15) is 27.2 Å². The van der Waals surface area contributed by atoms with Crippen molar-refractivity contribution in [3.05, 3.63) is 68.0 Å². The van der Waals surface area contributed by atoms with Gasteiger partial charge in [0.25, 0.3) is 11.1 Å². The molecule has 0 radical (unpaired) electrons. The summed E-state index contributed by atoms with van der Waals surface area (Å²) in [5.41, 5.74) is 2.28. The number of alkyl halides is 3. The van der Waals surface area contributed by atoms with Crippen molar-refractivity contribution < 1.29 is 17.6 Å². The zero-order valence-corrected chi connectivity index (χ0v) is 20.6. The molecule has 0 amide bonds. The van der Waals surface area contributed by atoms with Crippen molar-refractivity contribution in [2.45, 2.75) is 44.9 Å². The molecule has 0 aliphatic heterocycles. The number of hydrogen-bond donors (Lipinski definition) is 3. The van der Waals surface area contributed by atoms with Crippen LogP contribution in [0.3, 0.4) is 0 Å². The molecule has 4 rings (SSSR count). The molecule has 0 bridgehead atoms. The van der Waals surface area contributed by atoms with Crippen molar-refractivity contribution in [1.29, 1.82) is 0 Å². The van der Waals surface area contributed by atoms with Crippen LogP contribution < -0.4 is 22.2 Å². The molecule has 1 atom stereocenters. The topological polar surface area (TPSA) is 144 Å². The first-order valence-electron chi connectivity index (χ1n) is 11.4. The number of nitrogens with zero attached hydrogens (tertiary/aromatic N) is 5. The lowest BCUT2D eigenvalue weighted by atomic mass is 10.1. The van der Waals surface area contributed by atoms with E-state index in [-0.39, 0.29) is 39.7 Å². The van der Waals surface area contributed by atoms with Gasteiger partial charge in [-0.3, -0.25) is 14.2 Å². The number of aromatic nitrogens is 6. The van der Waals surface area contributed by atoms with E-state index < -0.39 is 40.4 Å². The molecule has 3 heterocycles. The fraction of sp³-hybridized carbons (Fsp3) is 0.304. The Bertz CT molecular complexity index is 1610. The molecular formula is C23H21ClF4N8O2. The maximum Gasteiger partial charge on any atom is 0.423 e. The van der Waals surface area contributed by atoms with Gasteiger partial charge in [-0.1, -0.05) is 18.5 Å². The van der Waals surface area contributed by atoms with Crippen LogP contribution in [0.2, 0.25) is 5.02 Å². The van der Waals surface area contributed by atoms with Crippen LogP contribution in [-0.2, 0) is 12.7 Å². The lowest BCUT2D eigenvalue weighted by Gasteiger charge is -2.20. The summed E-state index contributed by atoms with van der Waals surface area (Å²) in [5.74, 6) is -0.790. The number of anilines is 2. The summed E-state index contributed by atoms with van der Waals surface area (Å²) in [6, 6.07) is 1.94. The van der Waals surface area contributed by atoms with Crippen molar-refractivity contribution >= 4 is 34.0 Å². The Balaban J connectivity index is 1.50. The second-order valence-corrected chi connectivity index (χ2v) is 8.80. The highest BCUT2D eigenvalue weighted by Gasteiger charge is 2.37. The van der Waals surface area contributed by atoms with E-state index in [0.717, 1.165) is 12.3 Å². The molecule has 38 heavy (non-hydrogen) atoms. The average Bonchev–Trinajstić information content (AvgIpc) is 2.85. The first-order chi connectivity index (χ1) is 18.0. The third-order valence-corrected chi connectivity index (χ3v) is 6.16. The number of nitrogens with two attached hydrogens (primary N) is 1. The van der Waals surface area contributed by atoms with E-state index in [4.69, 9.17) is 17.3 Å². The smallest absolute Gasteiger partial charge is 0.382 e. The molecule has 0 unspecified atom stereocenters. The highest BCUT2D eigenvalue weighted by atomic mass is 35.5. The molecular weight excluding hydrogens is 532 g/mol. The highest BCUT2D eigenvalue weighted by molar-refractivity contribution is 6.32. The maximum absolute atomic E-state index is 14.9. The van der Waals surface area contributed by atoms with Crippen LogP contribution in [0, 0.1) is 5.82 Å². The molecule has 10 nitrogen and oxygen atoms in total. The maximum atomic E-state index is 14.9. The quantitative estimate of drug-likeness (QED) is 0.278. The molecule has 0 fully saturated rings. The van der Waals surface area contributed by atoms with E-state index in [1.54, 1.807) is 12.0 Å². The molecule has 0 aliphatic rings. The lowest BCUT2D eigenvalue weighted by molar-refractivity contribution is -0.138. The standard InChI is InChI=1S/C23H21ClF4N8O2/c1-2-11(33-17-9-32-35-21(37)18(17)23(26,27)28)4-3-5-36-10-31-16-7-12(15(25)6-13(16)22(36)38)20-30-8-14(24)19(29)34-20/h6-11H,2-5H2,1H3,(H2,29,30,34)(H2,33,35,37)/t11-/m0/s1. The first kappa shape index (κ1) is 27.0. The Hall–Kier alpha value is -4.07. The lowest BCUT2D eigenvalue weighted by Crippen LogP contribution is -2.28. The molecule has 0 saturated heterocycles. The van der Waals surface area contributed by atoms with Gasteiger partial charge in [0.05, 0.1) is 40.9 Å². The summed E-state index contributed by atoms with van der Waals surface area (Å²) in [7, 11) is 0. The number of hydrogen-bond acceptors (Lipinski definition) is 8. The van der Waals surface area contributed by atoms with Crippen molar-refractivity contribution in [3.8, 4) is 11.4 Å². The first-order valence-corrected chi connectivity index (χ1v) is 11.8. The van der Waals surface area contributed by atoms with Crippen LogP contribution in [0.5, 0.6) is 0 Å². The van der Waals surface area contributed by atoms with Gasteiger partial charge in [0.1, 0.15) is 22.2 Å². The number of nitrogens with one attached hydrogen (secondary N) is 2. The Kier molecular flexibility index (Phi) is 7.62. The number of rotatable bonds is 8. The van der Waals surface area contributed by atoms with Crippen molar-refractivity contribution in [3.63, 3.8) is 0 Å². The molecule has 0 saturated carbocycles. The van der Waals surface area contributed by atoms with Crippen LogP contribution in [0.1, 0.15) is 31.7 Å². The van der Waals surface area contributed by atoms with Gasteiger partial charge in [0.2, 0.25) is 0 Å². The third kappa shape index (κ3) is 5.59. The largest absolute Gasteiger partial charge is 0.423 e. The van der Waals surface area contributed by atoms with Crippen molar-refractivity contribution in [2.24, 2.45) is 0 Å². The van der Waals surface area contributed by atoms with E-state index in [0.29, 0.717) is 19.3 Å².